The van der Waals surface area contributed by atoms with Crippen molar-refractivity contribution >= 4 is 6.96 Å². The maximum Gasteiger partial charge on any atom is 0.529 e. The summed E-state index contributed by atoms with van der Waals surface area (Å²) in [6, 6.07) is 0. The average Bonchev–Trinajstić information content (AvgIpc) is 2.47. The molecule has 0 atom stereocenters. The lowest BCUT2D eigenvalue weighted by Gasteiger charge is -2.28. The molecule has 12 heavy (non-hydrogen) atoms. The van der Waals surface area contributed by atoms with E-state index < -0.39 is 6.96 Å². The van der Waals surface area contributed by atoms with Crippen molar-refractivity contribution in [2.75, 3.05) is 26.4 Å². The summed E-state index contributed by atoms with van der Waals surface area (Å²) in [7, 11) is 0. The van der Waals surface area contributed by atoms with E-state index in [2.05, 4.69) is 5.73 Å². The first kappa shape index (κ1) is 9.95. The molecule has 0 saturated carbocycles. The SMILES string of the molecule is [NH3+]CCCCO[B-]1(O)OCCO1. The first-order valence-electron chi connectivity index (χ1n) is 4.33. The molecule has 0 aromatic rings. The zero-order valence-electron chi connectivity index (χ0n) is 7.20. The van der Waals surface area contributed by atoms with Crippen LogP contribution in [0.25, 0.3) is 0 Å². The van der Waals surface area contributed by atoms with E-state index in [9.17, 15) is 5.02 Å². The molecule has 1 saturated heterocycles. The van der Waals surface area contributed by atoms with Gasteiger partial charge in [-0.05, 0) is 12.8 Å². The Bertz CT molecular complexity index is 129. The maximum atomic E-state index is 9.37. The van der Waals surface area contributed by atoms with E-state index in [1.54, 1.807) is 0 Å². The van der Waals surface area contributed by atoms with Crippen molar-refractivity contribution in [1.82, 2.24) is 0 Å². The summed E-state index contributed by atoms with van der Waals surface area (Å²) in [6.45, 7) is -0.231. The molecule has 0 aromatic carbocycles. The second kappa shape index (κ2) is 4.79. The van der Waals surface area contributed by atoms with Gasteiger partial charge in [-0.1, -0.05) is 0 Å². The van der Waals surface area contributed by atoms with Gasteiger partial charge in [0.2, 0.25) is 0 Å². The normalized spacial score (nSPS) is 21.5. The van der Waals surface area contributed by atoms with Crippen LogP contribution >= 0.6 is 0 Å². The minimum Gasteiger partial charge on any atom is -0.533 e. The quantitative estimate of drug-likeness (QED) is 0.395. The van der Waals surface area contributed by atoms with Gasteiger partial charge >= 0.3 is 6.96 Å². The molecule has 1 fully saturated rings. The highest BCUT2D eigenvalue weighted by Crippen LogP contribution is 2.11. The van der Waals surface area contributed by atoms with Gasteiger partial charge in [-0.2, -0.15) is 0 Å². The number of unbranched alkanes of at least 4 members (excludes halogenated alkanes) is 1. The predicted octanol–water partition coefficient (Wildman–Crippen LogP) is -1.50. The minimum absolute atomic E-state index is 0.409. The third kappa shape index (κ3) is 3.08. The van der Waals surface area contributed by atoms with Crippen LogP contribution in [0.2, 0.25) is 0 Å². The van der Waals surface area contributed by atoms with Gasteiger partial charge < -0.3 is 24.7 Å². The van der Waals surface area contributed by atoms with E-state index in [0.717, 1.165) is 19.4 Å². The van der Waals surface area contributed by atoms with E-state index in [0.29, 0.717) is 19.8 Å². The van der Waals surface area contributed by atoms with E-state index in [-0.39, 0.29) is 0 Å². The lowest BCUT2D eigenvalue weighted by atomic mass is 10.1. The van der Waals surface area contributed by atoms with Gasteiger partial charge in [0.15, 0.2) is 0 Å². The van der Waals surface area contributed by atoms with Crippen molar-refractivity contribution in [3.8, 4) is 0 Å². The van der Waals surface area contributed by atoms with E-state index in [1.165, 1.54) is 0 Å². The fourth-order valence-electron chi connectivity index (χ4n) is 1.05. The monoisotopic (exact) mass is 177 g/mol. The van der Waals surface area contributed by atoms with Gasteiger partial charge in [0, 0.05) is 19.8 Å². The van der Waals surface area contributed by atoms with Crippen LogP contribution in [0, 0.1) is 0 Å². The summed E-state index contributed by atoms with van der Waals surface area (Å²) in [5.41, 5.74) is 3.70. The number of rotatable bonds is 5. The summed E-state index contributed by atoms with van der Waals surface area (Å²) in [4.78, 5) is 0. The van der Waals surface area contributed by atoms with Crippen LogP contribution in [0.1, 0.15) is 12.8 Å². The molecule has 0 amide bonds. The molecule has 0 unspecified atom stereocenters. The molecule has 0 aliphatic carbocycles. The molecule has 0 bridgehead atoms. The minimum atomic E-state index is -2.40. The van der Waals surface area contributed by atoms with Crippen molar-refractivity contribution in [3.63, 3.8) is 0 Å². The Hall–Kier alpha value is -0.135. The lowest BCUT2D eigenvalue weighted by Crippen LogP contribution is -2.50. The van der Waals surface area contributed by atoms with Crippen molar-refractivity contribution in [2.24, 2.45) is 0 Å². The Kier molecular flexibility index (Phi) is 3.97. The number of quaternary nitrogens is 1. The molecule has 1 aliphatic rings. The largest absolute Gasteiger partial charge is 0.533 e. The maximum absolute atomic E-state index is 9.37. The molecule has 0 radical (unpaired) electrons. The van der Waals surface area contributed by atoms with E-state index >= 15 is 0 Å². The summed E-state index contributed by atoms with van der Waals surface area (Å²) in [5, 5.41) is 9.37. The number of hydrogen-bond donors (Lipinski definition) is 2. The summed E-state index contributed by atoms with van der Waals surface area (Å²) >= 11 is 0. The molecule has 0 aromatic heterocycles. The first-order valence-corrected chi connectivity index (χ1v) is 4.33. The molecule has 0 spiro atoms. The molecule has 1 heterocycles. The van der Waals surface area contributed by atoms with Crippen LogP contribution in [0.5, 0.6) is 0 Å². The molecule has 6 heteroatoms. The van der Waals surface area contributed by atoms with Gasteiger partial charge in [-0.3, -0.25) is 0 Å². The Morgan fingerprint density at radius 1 is 1.33 bits per heavy atom. The molecule has 1 aliphatic heterocycles. The Balaban J connectivity index is 2.05. The van der Waals surface area contributed by atoms with Crippen LogP contribution in [-0.4, -0.2) is 38.3 Å². The zero-order chi connectivity index (χ0) is 8.86. The fourth-order valence-corrected chi connectivity index (χ4v) is 1.05. The smallest absolute Gasteiger partial charge is 0.529 e. The second-order valence-corrected chi connectivity index (χ2v) is 2.78. The highest BCUT2D eigenvalue weighted by molar-refractivity contribution is 6.52. The molecule has 72 valence electrons. The zero-order valence-corrected chi connectivity index (χ0v) is 7.20. The van der Waals surface area contributed by atoms with Crippen LogP contribution in [0.15, 0.2) is 0 Å². The van der Waals surface area contributed by atoms with Gasteiger partial charge in [0.1, 0.15) is 0 Å². The standard InChI is InChI=1S/C6H15BNO4/c8-3-1-2-4-10-7(9)11-5-6-12-7/h9H,1-6,8H2/q-1/p+1. The highest BCUT2D eigenvalue weighted by atomic mass is 16.9. The topological polar surface area (TPSA) is 75.6 Å². The highest BCUT2D eigenvalue weighted by Gasteiger charge is 2.31. The summed E-state index contributed by atoms with van der Waals surface area (Å²) < 4.78 is 14.8. The van der Waals surface area contributed by atoms with Crippen molar-refractivity contribution in [1.29, 1.82) is 0 Å². The molecule has 5 nitrogen and oxygen atoms in total. The van der Waals surface area contributed by atoms with Gasteiger partial charge in [-0.25, -0.2) is 0 Å². The third-order valence-electron chi connectivity index (χ3n) is 1.71. The average molecular weight is 177 g/mol. The van der Waals surface area contributed by atoms with Crippen molar-refractivity contribution < 1.29 is 24.7 Å². The Morgan fingerprint density at radius 2 is 2.00 bits per heavy atom. The molecule has 1 rings (SSSR count). The summed E-state index contributed by atoms with van der Waals surface area (Å²) in [6.07, 6.45) is 1.87. The van der Waals surface area contributed by atoms with E-state index in [4.69, 9.17) is 14.0 Å². The van der Waals surface area contributed by atoms with Gasteiger partial charge in [-0.15, -0.1) is 0 Å². The van der Waals surface area contributed by atoms with Crippen molar-refractivity contribution in [3.05, 3.63) is 0 Å². The lowest BCUT2D eigenvalue weighted by molar-refractivity contribution is -0.368. The second-order valence-electron chi connectivity index (χ2n) is 2.78. The van der Waals surface area contributed by atoms with Gasteiger partial charge in [0.05, 0.1) is 6.54 Å². The third-order valence-corrected chi connectivity index (χ3v) is 1.71. The van der Waals surface area contributed by atoms with Crippen molar-refractivity contribution in [2.45, 2.75) is 12.8 Å². The summed E-state index contributed by atoms with van der Waals surface area (Å²) in [5.74, 6) is 0. The van der Waals surface area contributed by atoms with Gasteiger partial charge in [0.25, 0.3) is 0 Å². The Morgan fingerprint density at radius 3 is 2.58 bits per heavy atom. The molecule has 4 N–H and O–H groups in total. The molecular weight excluding hydrogens is 161 g/mol. The van der Waals surface area contributed by atoms with Crippen LogP contribution < -0.4 is 5.73 Å². The van der Waals surface area contributed by atoms with E-state index in [1.807, 2.05) is 0 Å². The van der Waals surface area contributed by atoms with Crippen LogP contribution in [-0.2, 0) is 14.0 Å². The number of hydrogen-bond acceptors (Lipinski definition) is 4. The first-order chi connectivity index (χ1) is 5.77. The van der Waals surface area contributed by atoms with Crippen LogP contribution in [0.4, 0.5) is 0 Å². The predicted molar refractivity (Wildman–Crippen MR) is 42.8 cm³/mol. The molecular formula is C6H16BNO4. The fraction of sp³-hybridized carbons (Fsp3) is 1.00. The Labute approximate surface area is 71.8 Å². The van der Waals surface area contributed by atoms with Crippen LogP contribution in [0.3, 0.4) is 0 Å².